The second kappa shape index (κ2) is 8.20. The molecule has 0 saturated carbocycles. The Bertz CT molecular complexity index is 732. The van der Waals surface area contributed by atoms with E-state index in [2.05, 4.69) is 13.8 Å². The number of methoxy groups -OCH3 is 1. The summed E-state index contributed by atoms with van der Waals surface area (Å²) in [7, 11) is 1.53. The Kier molecular flexibility index (Phi) is 6.01. The fraction of sp³-hybridized carbons (Fsp3) is 0.250. The van der Waals surface area contributed by atoms with Crippen molar-refractivity contribution >= 4 is 17.6 Å². The number of hydrogen-bond acceptors (Lipinski definition) is 3. The number of ether oxygens (including phenoxy) is 2. The number of carboxylic acid groups (broad SMARTS) is 1. The summed E-state index contributed by atoms with van der Waals surface area (Å²) in [5.74, 6) is 0.668. The second-order valence-corrected chi connectivity index (χ2v) is 5.84. The maximum absolute atomic E-state index is 11.7. The van der Waals surface area contributed by atoms with Crippen LogP contribution in [0.15, 0.2) is 48.5 Å². The van der Waals surface area contributed by atoms with Gasteiger partial charge in [0.1, 0.15) is 11.5 Å². The van der Waals surface area contributed by atoms with Gasteiger partial charge in [-0.3, -0.25) is 0 Å². The van der Waals surface area contributed by atoms with E-state index in [0.29, 0.717) is 23.8 Å². The molecule has 2 aromatic carbocycles. The Labute approximate surface area is 142 Å². The van der Waals surface area contributed by atoms with Crippen molar-refractivity contribution in [2.24, 2.45) is 5.92 Å². The van der Waals surface area contributed by atoms with Crippen molar-refractivity contribution in [1.29, 1.82) is 0 Å². The van der Waals surface area contributed by atoms with Crippen molar-refractivity contribution < 1.29 is 19.4 Å². The minimum atomic E-state index is -1.01. The van der Waals surface area contributed by atoms with Crippen molar-refractivity contribution in [3.63, 3.8) is 0 Å². The van der Waals surface area contributed by atoms with E-state index in [4.69, 9.17) is 9.47 Å². The lowest BCUT2D eigenvalue weighted by Gasteiger charge is -2.11. The first-order valence-corrected chi connectivity index (χ1v) is 7.82. The molecule has 24 heavy (non-hydrogen) atoms. The first-order chi connectivity index (χ1) is 11.5. The van der Waals surface area contributed by atoms with Crippen LogP contribution >= 0.6 is 0 Å². The van der Waals surface area contributed by atoms with Gasteiger partial charge in [0.05, 0.1) is 19.3 Å². The zero-order chi connectivity index (χ0) is 17.5. The van der Waals surface area contributed by atoms with Crippen LogP contribution in [0.4, 0.5) is 0 Å². The molecule has 0 amide bonds. The third-order valence-corrected chi connectivity index (χ3v) is 3.38. The molecule has 2 rings (SSSR count). The highest BCUT2D eigenvalue weighted by molar-refractivity contribution is 6.21. The maximum atomic E-state index is 11.7. The Balaban J connectivity index is 2.38. The highest BCUT2D eigenvalue weighted by Crippen LogP contribution is 2.28. The van der Waals surface area contributed by atoms with Gasteiger partial charge in [0, 0.05) is 5.56 Å². The quantitative estimate of drug-likeness (QED) is 0.607. The van der Waals surface area contributed by atoms with Crippen LogP contribution in [0.2, 0.25) is 0 Å². The second-order valence-electron chi connectivity index (χ2n) is 5.84. The summed E-state index contributed by atoms with van der Waals surface area (Å²) in [6.07, 6.45) is 1.63. The minimum Gasteiger partial charge on any atom is -0.496 e. The number of rotatable bonds is 7. The molecule has 0 fully saturated rings. The molecular formula is C20H22O4. The molecule has 0 aliphatic rings. The number of carbonyl (C=O) groups is 1. The molecule has 0 heterocycles. The topological polar surface area (TPSA) is 55.8 Å². The molecule has 0 aliphatic carbocycles. The first-order valence-electron chi connectivity index (χ1n) is 7.82. The van der Waals surface area contributed by atoms with Crippen LogP contribution in [-0.2, 0) is 4.79 Å². The molecule has 0 bridgehead atoms. The number of hydrogen-bond donors (Lipinski definition) is 1. The van der Waals surface area contributed by atoms with E-state index in [9.17, 15) is 9.90 Å². The number of benzene rings is 2. The summed E-state index contributed by atoms with van der Waals surface area (Å²) < 4.78 is 11.0. The zero-order valence-corrected chi connectivity index (χ0v) is 14.2. The average molecular weight is 326 g/mol. The Hall–Kier alpha value is -2.75. The van der Waals surface area contributed by atoms with Crippen LogP contribution in [0.1, 0.15) is 25.0 Å². The van der Waals surface area contributed by atoms with Gasteiger partial charge in [-0.05, 0) is 35.8 Å². The predicted molar refractivity (Wildman–Crippen MR) is 95.3 cm³/mol. The number of aliphatic carboxylic acids is 1. The monoisotopic (exact) mass is 326 g/mol. The molecule has 4 nitrogen and oxygen atoms in total. The SMILES string of the molecule is COc1ccccc1/C(=C/c1cccc(OCC(C)C)c1)C(=O)O. The molecule has 4 heteroatoms. The van der Waals surface area contributed by atoms with Gasteiger partial charge in [-0.1, -0.05) is 44.2 Å². The van der Waals surface area contributed by atoms with Crippen LogP contribution in [0.5, 0.6) is 11.5 Å². The number of carboxylic acids is 1. The molecule has 0 spiro atoms. The molecular weight excluding hydrogens is 304 g/mol. The lowest BCUT2D eigenvalue weighted by molar-refractivity contribution is -0.130. The predicted octanol–water partition coefficient (Wildman–Crippen LogP) is 4.36. The minimum absolute atomic E-state index is 0.174. The largest absolute Gasteiger partial charge is 0.496 e. The number of para-hydroxylation sites is 1. The Morgan fingerprint density at radius 3 is 2.58 bits per heavy atom. The molecule has 0 radical (unpaired) electrons. The van der Waals surface area contributed by atoms with Crippen molar-refractivity contribution in [3.8, 4) is 11.5 Å². The van der Waals surface area contributed by atoms with E-state index in [-0.39, 0.29) is 5.57 Å². The van der Waals surface area contributed by atoms with E-state index in [1.165, 1.54) is 7.11 Å². The summed E-state index contributed by atoms with van der Waals surface area (Å²) in [6.45, 7) is 4.77. The van der Waals surface area contributed by atoms with Crippen molar-refractivity contribution in [3.05, 3.63) is 59.7 Å². The average Bonchev–Trinajstić information content (AvgIpc) is 2.58. The normalized spacial score (nSPS) is 11.4. The zero-order valence-electron chi connectivity index (χ0n) is 14.2. The van der Waals surface area contributed by atoms with Crippen LogP contribution < -0.4 is 9.47 Å². The smallest absolute Gasteiger partial charge is 0.336 e. The van der Waals surface area contributed by atoms with Crippen LogP contribution in [-0.4, -0.2) is 24.8 Å². The molecule has 0 saturated heterocycles. The summed E-state index contributed by atoms with van der Waals surface area (Å²) in [4.78, 5) is 11.7. The van der Waals surface area contributed by atoms with Crippen LogP contribution in [0.25, 0.3) is 11.6 Å². The maximum Gasteiger partial charge on any atom is 0.336 e. The van der Waals surface area contributed by atoms with Crippen LogP contribution in [0, 0.1) is 5.92 Å². The van der Waals surface area contributed by atoms with E-state index in [0.717, 1.165) is 11.3 Å². The van der Waals surface area contributed by atoms with Gasteiger partial charge in [-0.25, -0.2) is 4.79 Å². The molecule has 2 aromatic rings. The van der Waals surface area contributed by atoms with Gasteiger partial charge >= 0.3 is 5.97 Å². The van der Waals surface area contributed by atoms with Crippen molar-refractivity contribution in [1.82, 2.24) is 0 Å². The summed E-state index contributed by atoms with van der Waals surface area (Å²) in [5, 5.41) is 9.60. The molecule has 1 N–H and O–H groups in total. The first kappa shape index (κ1) is 17.6. The van der Waals surface area contributed by atoms with Gasteiger partial charge in [-0.2, -0.15) is 0 Å². The Morgan fingerprint density at radius 1 is 1.17 bits per heavy atom. The standard InChI is InChI=1S/C20H22O4/c1-14(2)13-24-16-8-6-7-15(11-16)12-18(20(21)22)17-9-4-5-10-19(17)23-3/h4-12,14H,13H2,1-3H3,(H,21,22)/b18-12-. The lowest BCUT2D eigenvalue weighted by Crippen LogP contribution is -2.04. The molecule has 0 atom stereocenters. The molecule has 126 valence electrons. The highest BCUT2D eigenvalue weighted by Gasteiger charge is 2.15. The molecule has 0 aliphatic heterocycles. The summed E-state index contributed by atoms with van der Waals surface area (Å²) >= 11 is 0. The summed E-state index contributed by atoms with van der Waals surface area (Å²) in [6, 6.07) is 14.5. The fourth-order valence-electron chi connectivity index (χ4n) is 2.25. The van der Waals surface area contributed by atoms with Gasteiger partial charge < -0.3 is 14.6 Å². The fourth-order valence-corrected chi connectivity index (χ4v) is 2.25. The van der Waals surface area contributed by atoms with Crippen molar-refractivity contribution in [2.75, 3.05) is 13.7 Å². The highest BCUT2D eigenvalue weighted by atomic mass is 16.5. The Morgan fingerprint density at radius 2 is 1.92 bits per heavy atom. The lowest BCUT2D eigenvalue weighted by atomic mass is 10.0. The van der Waals surface area contributed by atoms with Gasteiger partial charge in [0.25, 0.3) is 0 Å². The van der Waals surface area contributed by atoms with E-state index >= 15 is 0 Å². The van der Waals surface area contributed by atoms with Gasteiger partial charge in [0.15, 0.2) is 0 Å². The van der Waals surface area contributed by atoms with Gasteiger partial charge in [0.2, 0.25) is 0 Å². The van der Waals surface area contributed by atoms with E-state index in [1.54, 1.807) is 24.3 Å². The van der Waals surface area contributed by atoms with E-state index < -0.39 is 5.97 Å². The third-order valence-electron chi connectivity index (χ3n) is 3.38. The third kappa shape index (κ3) is 4.62. The van der Waals surface area contributed by atoms with Crippen molar-refractivity contribution in [2.45, 2.75) is 13.8 Å². The molecule has 0 unspecified atom stereocenters. The van der Waals surface area contributed by atoms with Crippen LogP contribution in [0.3, 0.4) is 0 Å². The summed E-state index contributed by atoms with van der Waals surface area (Å²) in [5.41, 5.74) is 1.48. The van der Waals surface area contributed by atoms with E-state index in [1.807, 2.05) is 30.3 Å². The van der Waals surface area contributed by atoms with Gasteiger partial charge in [-0.15, -0.1) is 0 Å². The molecule has 0 aromatic heterocycles.